The van der Waals surface area contributed by atoms with Gasteiger partial charge in [0.05, 0.1) is 0 Å². The summed E-state index contributed by atoms with van der Waals surface area (Å²) in [6, 6.07) is 5.34. The Morgan fingerprint density at radius 1 is 1.42 bits per heavy atom. The second-order valence-corrected chi connectivity index (χ2v) is 3.25. The Kier molecular flexibility index (Phi) is 3.54. The fraction of sp³-hybridized carbons (Fsp3) is 0.400. The van der Waals surface area contributed by atoms with Gasteiger partial charge in [-0.15, -0.1) is 11.6 Å². The second kappa shape index (κ2) is 4.46. The summed E-state index contributed by atoms with van der Waals surface area (Å²) in [4.78, 5) is 0. The van der Waals surface area contributed by atoms with Crippen molar-refractivity contribution in [1.29, 1.82) is 0 Å². The average Bonchev–Trinajstić information content (AvgIpc) is 2.07. The topological polar surface area (TPSA) is 0 Å². The lowest BCUT2D eigenvalue weighted by Gasteiger charge is -2.01. The van der Waals surface area contributed by atoms with Crippen LogP contribution in [0, 0.1) is 12.7 Å². The summed E-state index contributed by atoms with van der Waals surface area (Å²) in [5, 5.41) is 0. The molecule has 2 heteroatoms. The van der Waals surface area contributed by atoms with Gasteiger partial charge in [-0.25, -0.2) is 4.39 Å². The molecule has 12 heavy (non-hydrogen) atoms. The number of hydrogen-bond acceptors (Lipinski definition) is 0. The SMILES string of the molecule is Cc1ccc(CCCCl)cc1F. The van der Waals surface area contributed by atoms with Crippen LogP contribution in [0.25, 0.3) is 0 Å². The van der Waals surface area contributed by atoms with Crippen molar-refractivity contribution in [2.45, 2.75) is 19.8 Å². The van der Waals surface area contributed by atoms with Crippen LogP contribution in [0.2, 0.25) is 0 Å². The van der Waals surface area contributed by atoms with Crippen molar-refractivity contribution in [2.75, 3.05) is 5.88 Å². The molecule has 1 aromatic rings. The van der Waals surface area contributed by atoms with Crippen LogP contribution in [0.1, 0.15) is 17.5 Å². The van der Waals surface area contributed by atoms with Gasteiger partial charge in [-0.1, -0.05) is 12.1 Å². The van der Waals surface area contributed by atoms with E-state index in [-0.39, 0.29) is 5.82 Å². The Morgan fingerprint density at radius 2 is 2.17 bits per heavy atom. The summed E-state index contributed by atoms with van der Waals surface area (Å²) < 4.78 is 13.0. The highest BCUT2D eigenvalue weighted by Gasteiger charge is 1.98. The molecule has 0 N–H and O–H groups in total. The lowest BCUT2D eigenvalue weighted by Crippen LogP contribution is -1.89. The Hall–Kier alpha value is -0.560. The minimum atomic E-state index is -0.123. The first-order valence-electron chi connectivity index (χ1n) is 4.05. The maximum atomic E-state index is 13.0. The van der Waals surface area contributed by atoms with Crippen molar-refractivity contribution in [2.24, 2.45) is 0 Å². The molecule has 0 atom stereocenters. The third-order valence-electron chi connectivity index (χ3n) is 1.84. The fourth-order valence-corrected chi connectivity index (χ4v) is 1.20. The first kappa shape index (κ1) is 9.53. The molecule has 0 saturated heterocycles. The number of hydrogen-bond donors (Lipinski definition) is 0. The van der Waals surface area contributed by atoms with E-state index in [0.717, 1.165) is 18.4 Å². The maximum absolute atomic E-state index is 13.0. The van der Waals surface area contributed by atoms with Gasteiger partial charge in [0.15, 0.2) is 0 Å². The molecule has 0 radical (unpaired) electrons. The number of rotatable bonds is 3. The molecule has 1 rings (SSSR count). The van der Waals surface area contributed by atoms with E-state index in [9.17, 15) is 4.39 Å². The van der Waals surface area contributed by atoms with Crippen LogP contribution < -0.4 is 0 Å². The number of aryl methyl sites for hydroxylation is 2. The summed E-state index contributed by atoms with van der Waals surface area (Å²) in [6.45, 7) is 1.76. The third kappa shape index (κ3) is 2.49. The van der Waals surface area contributed by atoms with Crippen LogP contribution in [0.15, 0.2) is 18.2 Å². The Balaban J connectivity index is 2.69. The zero-order chi connectivity index (χ0) is 8.97. The smallest absolute Gasteiger partial charge is 0.126 e. The fourth-order valence-electron chi connectivity index (χ4n) is 1.06. The monoisotopic (exact) mass is 186 g/mol. The molecule has 66 valence electrons. The van der Waals surface area contributed by atoms with Gasteiger partial charge >= 0.3 is 0 Å². The van der Waals surface area contributed by atoms with Gasteiger partial charge in [0.2, 0.25) is 0 Å². The zero-order valence-corrected chi connectivity index (χ0v) is 7.87. The molecule has 0 amide bonds. The van der Waals surface area contributed by atoms with Crippen molar-refractivity contribution in [1.82, 2.24) is 0 Å². The average molecular weight is 187 g/mol. The van der Waals surface area contributed by atoms with Crippen LogP contribution in [0.5, 0.6) is 0 Å². The first-order chi connectivity index (χ1) is 5.74. The van der Waals surface area contributed by atoms with Gasteiger partial charge in [0, 0.05) is 5.88 Å². The Labute approximate surface area is 77.4 Å². The summed E-state index contributed by atoms with van der Waals surface area (Å²) in [5.74, 6) is 0.511. The van der Waals surface area contributed by atoms with E-state index in [1.54, 1.807) is 19.1 Å². The molecule has 0 unspecified atom stereocenters. The lowest BCUT2D eigenvalue weighted by atomic mass is 10.1. The number of benzene rings is 1. The van der Waals surface area contributed by atoms with Gasteiger partial charge in [-0.3, -0.25) is 0 Å². The highest BCUT2D eigenvalue weighted by molar-refractivity contribution is 6.17. The molecule has 0 bridgehead atoms. The molecular formula is C10H12ClF. The van der Waals surface area contributed by atoms with Crippen molar-refractivity contribution < 1.29 is 4.39 Å². The highest BCUT2D eigenvalue weighted by atomic mass is 35.5. The molecule has 0 fully saturated rings. The van der Waals surface area contributed by atoms with E-state index in [4.69, 9.17) is 11.6 Å². The highest BCUT2D eigenvalue weighted by Crippen LogP contribution is 2.10. The van der Waals surface area contributed by atoms with Crippen molar-refractivity contribution in [3.8, 4) is 0 Å². The molecule has 1 aromatic carbocycles. The second-order valence-electron chi connectivity index (χ2n) is 2.88. The molecule has 0 saturated carbocycles. The minimum Gasteiger partial charge on any atom is -0.207 e. The van der Waals surface area contributed by atoms with Crippen LogP contribution in [0.3, 0.4) is 0 Å². The molecule has 0 nitrogen and oxygen atoms in total. The van der Waals surface area contributed by atoms with Crippen LogP contribution in [0.4, 0.5) is 4.39 Å². The largest absolute Gasteiger partial charge is 0.207 e. The van der Waals surface area contributed by atoms with Gasteiger partial charge in [-0.05, 0) is 37.0 Å². The van der Waals surface area contributed by atoms with Gasteiger partial charge in [-0.2, -0.15) is 0 Å². The van der Waals surface area contributed by atoms with Crippen LogP contribution in [-0.4, -0.2) is 5.88 Å². The van der Waals surface area contributed by atoms with E-state index < -0.39 is 0 Å². The van der Waals surface area contributed by atoms with Crippen LogP contribution in [-0.2, 0) is 6.42 Å². The van der Waals surface area contributed by atoms with E-state index in [0.29, 0.717) is 11.4 Å². The first-order valence-corrected chi connectivity index (χ1v) is 4.58. The van der Waals surface area contributed by atoms with Gasteiger partial charge in [0.1, 0.15) is 5.82 Å². The van der Waals surface area contributed by atoms with E-state index in [2.05, 4.69) is 0 Å². The standard InChI is InChI=1S/C10H12ClF/c1-8-4-5-9(3-2-6-11)7-10(8)12/h4-5,7H,2-3,6H2,1H3. The lowest BCUT2D eigenvalue weighted by molar-refractivity contribution is 0.615. The predicted molar refractivity (Wildman–Crippen MR) is 50.2 cm³/mol. The van der Waals surface area contributed by atoms with E-state index >= 15 is 0 Å². The molecule has 0 heterocycles. The Bertz CT molecular complexity index is 258. The van der Waals surface area contributed by atoms with Gasteiger partial charge < -0.3 is 0 Å². The predicted octanol–water partition coefficient (Wildman–Crippen LogP) is 3.31. The van der Waals surface area contributed by atoms with E-state index in [1.165, 1.54) is 0 Å². The zero-order valence-electron chi connectivity index (χ0n) is 7.11. The summed E-state index contributed by atoms with van der Waals surface area (Å²) in [5.41, 5.74) is 1.73. The van der Waals surface area contributed by atoms with Crippen molar-refractivity contribution in [3.63, 3.8) is 0 Å². The molecular weight excluding hydrogens is 175 g/mol. The molecule has 0 aliphatic rings. The summed E-state index contributed by atoms with van der Waals surface area (Å²) >= 11 is 5.53. The normalized spacial score (nSPS) is 10.2. The van der Waals surface area contributed by atoms with Crippen molar-refractivity contribution in [3.05, 3.63) is 35.1 Å². The number of halogens is 2. The van der Waals surface area contributed by atoms with Crippen molar-refractivity contribution >= 4 is 11.6 Å². The minimum absolute atomic E-state index is 0.123. The maximum Gasteiger partial charge on any atom is 0.126 e. The number of alkyl halides is 1. The molecule has 0 aliphatic carbocycles. The molecule has 0 spiro atoms. The summed E-state index contributed by atoms with van der Waals surface area (Å²) in [7, 11) is 0. The van der Waals surface area contributed by atoms with Crippen LogP contribution >= 0.6 is 11.6 Å². The quantitative estimate of drug-likeness (QED) is 0.636. The third-order valence-corrected chi connectivity index (χ3v) is 2.10. The Morgan fingerprint density at radius 3 is 2.75 bits per heavy atom. The molecule has 0 aromatic heterocycles. The van der Waals surface area contributed by atoms with Gasteiger partial charge in [0.25, 0.3) is 0 Å². The molecule has 0 aliphatic heterocycles. The van der Waals surface area contributed by atoms with E-state index in [1.807, 2.05) is 6.07 Å². The summed E-state index contributed by atoms with van der Waals surface area (Å²) in [6.07, 6.45) is 1.77.